The topological polar surface area (TPSA) is 67.4 Å². The average molecular weight is 304 g/mol. The first-order valence-electron chi connectivity index (χ1n) is 7.98. The van der Waals surface area contributed by atoms with Gasteiger partial charge in [0.15, 0.2) is 0 Å². The van der Waals surface area contributed by atoms with Gasteiger partial charge in [-0.2, -0.15) is 0 Å². The molecule has 0 bridgehead atoms. The van der Waals surface area contributed by atoms with E-state index in [0.717, 1.165) is 37.5 Å². The molecule has 2 aliphatic rings. The van der Waals surface area contributed by atoms with E-state index in [0.29, 0.717) is 6.04 Å². The number of amides is 1. The van der Waals surface area contributed by atoms with Gasteiger partial charge in [0.05, 0.1) is 12.0 Å². The standard InChI is InChI=1S/C16H24N4O2/c1-10(2)19-16(21)13-9-20(14-4-5-22-15(13)14)8-12-6-17-11(3)18-7-12/h6-7,10,13-15H,4-5,8-9H2,1-3H3,(H,19,21)/t13-,14+,15+/m0/s1. The van der Waals surface area contributed by atoms with Crippen LogP contribution in [0.2, 0.25) is 0 Å². The Morgan fingerprint density at radius 2 is 2.18 bits per heavy atom. The predicted octanol–water partition coefficient (Wildman–Crippen LogP) is 0.899. The number of aromatic nitrogens is 2. The van der Waals surface area contributed by atoms with Crippen molar-refractivity contribution in [3.05, 3.63) is 23.8 Å². The lowest BCUT2D eigenvalue weighted by Gasteiger charge is -2.21. The van der Waals surface area contributed by atoms with Crippen molar-refractivity contribution in [2.75, 3.05) is 13.2 Å². The quantitative estimate of drug-likeness (QED) is 0.895. The van der Waals surface area contributed by atoms with Crippen LogP contribution < -0.4 is 5.32 Å². The number of hydrogen-bond acceptors (Lipinski definition) is 5. The summed E-state index contributed by atoms with van der Waals surface area (Å²) in [5.41, 5.74) is 1.08. The van der Waals surface area contributed by atoms with Crippen LogP contribution in [0.3, 0.4) is 0 Å². The second-order valence-corrected chi connectivity index (χ2v) is 6.53. The molecule has 6 nitrogen and oxygen atoms in total. The van der Waals surface area contributed by atoms with Gasteiger partial charge in [0.1, 0.15) is 5.82 Å². The molecule has 2 aliphatic heterocycles. The van der Waals surface area contributed by atoms with Crippen molar-refractivity contribution in [1.82, 2.24) is 20.2 Å². The van der Waals surface area contributed by atoms with E-state index in [1.165, 1.54) is 0 Å². The molecular weight excluding hydrogens is 280 g/mol. The highest BCUT2D eigenvalue weighted by molar-refractivity contribution is 5.80. The summed E-state index contributed by atoms with van der Waals surface area (Å²) in [6.07, 6.45) is 4.75. The first-order chi connectivity index (χ1) is 10.5. The third kappa shape index (κ3) is 3.13. The monoisotopic (exact) mass is 304 g/mol. The summed E-state index contributed by atoms with van der Waals surface area (Å²) in [6.45, 7) is 8.11. The summed E-state index contributed by atoms with van der Waals surface area (Å²) in [4.78, 5) is 23.2. The molecule has 1 amide bonds. The maximum absolute atomic E-state index is 12.4. The van der Waals surface area contributed by atoms with Crippen LogP contribution in [0.15, 0.2) is 12.4 Å². The van der Waals surface area contributed by atoms with E-state index in [9.17, 15) is 4.79 Å². The minimum absolute atomic E-state index is 0.0186. The van der Waals surface area contributed by atoms with Crippen LogP contribution in [0.1, 0.15) is 31.7 Å². The minimum Gasteiger partial charge on any atom is -0.376 e. The average Bonchev–Trinajstić information content (AvgIpc) is 3.04. The van der Waals surface area contributed by atoms with Gasteiger partial charge in [-0.25, -0.2) is 9.97 Å². The molecule has 22 heavy (non-hydrogen) atoms. The van der Waals surface area contributed by atoms with Crippen molar-refractivity contribution in [3.63, 3.8) is 0 Å². The Bertz CT molecular complexity index is 531. The molecule has 0 unspecified atom stereocenters. The normalized spacial score (nSPS) is 28.1. The predicted molar refractivity (Wildman–Crippen MR) is 82.1 cm³/mol. The molecule has 3 rings (SSSR count). The van der Waals surface area contributed by atoms with Crippen molar-refractivity contribution >= 4 is 5.91 Å². The number of likely N-dealkylation sites (tertiary alicyclic amines) is 1. The molecule has 0 spiro atoms. The smallest absolute Gasteiger partial charge is 0.227 e. The molecule has 3 heterocycles. The molecule has 6 heteroatoms. The van der Waals surface area contributed by atoms with Gasteiger partial charge in [0.2, 0.25) is 5.91 Å². The van der Waals surface area contributed by atoms with E-state index in [1.54, 1.807) is 0 Å². The lowest BCUT2D eigenvalue weighted by Crippen LogP contribution is -2.41. The van der Waals surface area contributed by atoms with E-state index in [2.05, 4.69) is 20.2 Å². The number of aryl methyl sites for hydroxylation is 1. The Morgan fingerprint density at radius 1 is 1.45 bits per heavy atom. The number of ether oxygens (including phenoxy) is 1. The molecule has 3 atom stereocenters. The highest BCUT2D eigenvalue weighted by atomic mass is 16.5. The van der Waals surface area contributed by atoms with Crippen molar-refractivity contribution < 1.29 is 9.53 Å². The zero-order valence-electron chi connectivity index (χ0n) is 13.5. The van der Waals surface area contributed by atoms with Crippen LogP contribution in [0.4, 0.5) is 0 Å². The number of rotatable bonds is 4. The van der Waals surface area contributed by atoms with Crippen molar-refractivity contribution in [2.24, 2.45) is 5.92 Å². The van der Waals surface area contributed by atoms with Crippen LogP contribution in [0.5, 0.6) is 0 Å². The first-order valence-corrected chi connectivity index (χ1v) is 7.98. The van der Waals surface area contributed by atoms with Gasteiger partial charge in [0.25, 0.3) is 0 Å². The van der Waals surface area contributed by atoms with Gasteiger partial charge in [-0.3, -0.25) is 9.69 Å². The van der Waals surface area contributed by atoms with Gasteiger partial charge < -0.3 is 10.1 Å². The molecule has 0 aliphatic carbocycles. The largest absolute Gasteiger partial charge is 0.376 e. The van der Waals surface area contributed by atoms with E-state index in [-0.39, 0.29) is 24.0 Å². The Balaban J connectivity index is 1.70. The highest BCUT2D eigenvalue weighted by Crippen LogP contribution is 2.34. The van der Waals surface area contributed by atoms with E-state index >= 15 is 0 Å². The summed E-state index contributed by atoms with van der Waals surface area (Å²) in [5.74, 6) is 0.803. The summed E-state index contributed by atoms with van der Waals surface area (Å²) < 4.78 is 5.85. The molecule has 0 saturated carbocycles. The number of nitrogens with zero attached hydrogens (tertiary/aromatic N) is 3. The zero-order valence-corrected chi connectivity index (χ0v) is 13.5. The number of carbonyl (C=O) groups is 1. The molecular formula is C16H24N4O2. The maximum atomic E-state index is 12.4. The molecule has 1 aromatic rings. The number of hydrogen-bond donors (Lipinski definition) is 1. The molecule has 2 fully saturated rings. The van der Waals surface area contributed by atoms with Gasteiger partial charge in [-0.15, -0.1) is 0 Å². The van der Waals surface area contributed by atoms with Crippen LogP contribution in [0, 0.1) is 12.8 Å². The van der Waals surface area contributed by atoms with Gasteiger partial charge in [0, 0.05) is 49.7 Å². The summed E-state index contributed by atoms with van der Waals surface area (Å²) >= 11 is 0. The fourth-order valence-corrected chi connectivity index (χ4v) is 3.41. The maximum Gasteiger partial charge on any atom is 0.227 e. The highest BCUT2D eigenvalue weighted by Gasteiger charge is 2.48. The van der Waals surface area contributed by atoms with Crippen LogP contribution >= 0.6 is 0 Å². The first kappa shape index (κ1) is 15.4. The molecule has 120 valence electrons. The number of fused-ring (bicyclic) bond motifs is 1. The SMILES string of the molecule is Cc1ncc(CN2C[C@H](C(=O)NC(C)C)[C@H]3OCC[C@H]32)cn1. The minimum atomic E-state index is -0.0822. The second-order valence-electron chi connectivity index (χ2n) is 6.53. The lowest BCUT2D eigenvalue weighted by atomic mass is 10.0. The van der Waals surface area contributed by atoms with Crippen LogP contribution in [0.25, 0.3) is 0 Å². The summed E-state index contributed by atoms with van der Waals surface area (Å²) in [6, 6.07) is 0.483. The molecule has 1 N–H and O–H groups in total. The summed E-state index contributed by atoms with van der Waals surface area (Å²) in [5, 5.41) is 3.02. The third-order valence-corrected chi connectivity index (χ3v) is 4.39. The summed E-state index contributed by atoms with van der Waals surface area (Å²) in [7, 11) is 0. The zero-order chi connectivity index (χ0) is 15.7. The van der Waals surface area contributed by atoms with E-state index in [4.69, 9.17) is 4.74 Å². The lowest BCUT2D eigenvalue weighted by molar-refractivity contribution is -0.128. The Labute approximate surface area is 131 Å². The van der Waals surface area contributed by atoms with Crippen LogP contribution in [-0.2, 0) is 16.1 Å². The second kappa shape index (κ2) is 6.30. The molecule has 2 saturated heterocycles. The number of nitrogens with one attached hydrogen (secondary N) is 1. The molecule has 0 aromatic carbocycles. The third-order valence-electron chi connectivity index (χ3n) is 4.39. The molecule has 1 aromatic heterocycles. The van der Waals surface area contributed by atoms with E-state index < -0.39 is 0 Å². The van der Waals surface area contributed by atoms with Crippen molar-refractivity contribution in [3.8, 4) is 0 Å². The van der Waals surface area contributed by atoms with E-state index in [1.807, 2.05) is 33.2 Å². The Hall–Kier alpha value is -1.53. The van der Waals surface area contributed by atoms with Gasteiger partial charge in [-0.1, -0.05) is 0 Å². The van der Waals surface area contributed by atoms with Crippen LogP contribution in [-0.4, -0.2) is 52.1 Å². The van der Waals surface area contributed by atoms with Crippen molar-refractivity contribution in [1.29, 1.82) is 0 Å². The van der Waals surface area contributed by atoms with Gasteiger partial charge >= 0.3 is 0 Å². The molecule has 0 radical (unpaired) electrons. The Kier molecular flexibility index (Phi) is 4.40. The van der Waals surface area contributed by atoms with Crippen molar-refractivity contribution in [2.45, 2.75) is 51.9 Å². The fraction of sp³-hybridized carbons (Fsp3) is 0.688. The van der Waals surface area contributed by atoms with Gasteiger partial charge in [-0.05, 0) is 27.2 Å². The number of carbonyl (C=O) groups excluding carboxylic acids is 1. The fourth-order valence-electron chi connectivity index (χ4n) is 3.41. The Morgan fingerprint density at radius 3 is 2.86 bits per heavy atom.